The lowest BCUT2D eigenvalue weighted by Crippen LogP contribution is -2.13. The largest absolute Gasteiger partial charge is 0.263 e. The lowest BCUT2D eigenvalue weighted by molar-refractivity contribution is 0.601. The molecule has 0 spiro atoms. The fourth-order valence-corrected chi connectivity index (χ4v) is 3.34. The molecule has 0 atom stereocenters. The number of unbranched alkanes of at least 4 members (excludes halogenated alkanes) is 3. The molecule has 0 aliphatic heterocycles. The van der Waals surface area contributed by atoms with E-state index in [4.69, 9.17) is 11.6 Å². The molecule has 2 rings (SSSR count). The summed E-state index contributed by atoms with van der Waals surface area (Å²) in [6, 6.07) is 10.1. The molecule has 0 aliphatic rings. The van der Waals surface area contributed by atoms with Crippen LogP contribution in [0.3, 0.4) is 0 Å². The van der Waals surface area contributed by atoms with Crippen molar-refractivity contribution in [2.75, 3.05) is 4.72 Å². The van der Waals surface area contributed by atoms with Crippen molar-refractivity contribution in [2.45, 2.75) is 43.9 Å². The van der Waals surface area contributed by atoms with Crippen molar-refractivity contribution >= 4 is 27.4 Å². The number of hydrogen-bond donors (Lipinski definition) is 1. The summed E-state index contributed by atoms with van der Waals surface area (Å²) in [6.45, 7) is 2.18. The summed E-state index contributed by atoms with van der Waals surface area (Å²) < 4.78 is 27.1. The lowest BCUT2D eigenvalue weighted by Gasteiger charge is -2.08. The Bertz CT molecular complexity index is 713. The number of aryl methyl sites for hydroxylation is 1. The third-order valence-electron chi connectivity index (χ3n) is 3.52. The predicted molar refractivity (Wildman–Crippen MR) is 94.3 cm³/mol. The lowest BCUT2D eigenvalue weighted by atomic mass is 10.1. The standard InChI is InChI=1S/C17H21ClN2O2S/c1-2-3-4-5-6-14-7-10-16(11-8-14)23(21,22)20-17-12-9-15(18)13-19-17/h7-13H,2-6H2,1H3,(H,19,20). The minimum atomic E-state index is -3.63. The van der Waals surface area contributed by atoms with Gasteiger partial charge >= 0.3 is 0 Å². The third-order valence-corrected chi connectivity index (χ3v) is 5.11. The molecular formula is C17H21ClN2O2S. The zero-order chi connectivity index (χ0) is 16.7. The Hall–Kier alpha value is -1.59. The average Bonchev–Trinajstić information content (AvgIpc) is 2.54. The number of pyridine rings is 1. The van der Waals surface area contributed by atoms with E-state index in [2.05, 4.69) is 16.6 Å². The van der Waals surface area contributed by atoms with Crippen LogP contribution in [0.1, 0.15) is 38.2 Å². The van der Waals surface area contributed by atoms with Crippen LogP contribution >= 0.6 is 11.6 Å². The molecule has 0 fully saturated rings. The van der Waals surface area contributed by atoms with E-state index in [-0.39, 0.29) is 10.7 Å². The molecule has 0 bridgehead atoms. The topological polar surface area (TPSA) is 59.1 Å². The van der Waals surface area contributed by atoms with Crippen molar-refractivity contribution in [3.63, 3.8) is 0 Å². The Labute approximate surface area is 143 Å². The van der Waals surface area contributed by atoms with Crippen LogP contribution in [0.25, 0.3) is 0 Å². The van der Waals surface area contributed by atoms with E-state index in [9.17, 15) is 8.42 Å². The first kappa shape index (κ1) is 17.8. The summed E-state index contributed by atoms with van der Waals surface area (Å²) in [6.07, 6.45) is 7.17. The number of nitrogens with zero attached hydrogens (tertiary/aromatic N) is 1. The highest BCUT2D eigenvalue weighted by Gasteiger charge is 2.14. The van der Waals surface area contributed by atoms with E-state index < -0.39 is 10.0 Å². The number of sulfonamides is 1. The van der Waals surface area contributed by atoms with Crippen LogP contribution in [0.5, 0.6) is 0 Å². The van der Waals surface area contributed by atoms with Crippen molar-refractivity contribution < 1.29 is 8.42 Å². The summed E-state index contributed by atoms with van der Waals surface area (Å²) in [4.78, 5) is 4.17. The molecule has 1 N–H and O–H groups in total. The van der Waals surface area contributed by atoms with Gasteiger partial charge in [-0.15, -0.1) is 0 Å². The van der Waals surface area contributed by atoms with Gasteiger partial charge in [-0.25, -0.2) is 13.4 Å². The second-order valence-electron chi connectivity index (χ2n) is 5.42. The summed E-state index contributed by atoms with van der Waals surface area (Å²) in [7, 11) is -3.63. The first-order chi connectivity index (χ1) is 11.0. The van der Waals surface area contributed by atoms with Crippen LogP contribution in [-0.4, -0.2) is 13.4 Å². The molecule has 1 aromatic heterocycles. The zero-order valence-corrected chi connectivity index (χ0v) is 14.7. The summed E-state index contributed by atoms with van der Waals surface area (Å²) in [5.74, 6) is 0.248. The van der Waals surface area contributed by atoms with E-state index in [0.717, 1.165) is 18.4 Å². The van der Waals surface area contributed by atoms with Gasteiger partial charge in [0.25, 0.3) is 10.0 Å². The van der Waals surface area contributed by atoms with Gasteiger partial charge in [-0.05, 0) is 42.7 Å². The van der Waals surface area contributed by atoms with Crippen LogP contribution < -0.4 is 4.72 Å². The van der Waals surface area contributed by atoms with Gasteiger partial charge < -0.3 is 0 Å². The molecule has 0 unspecified atom stereocenters. The smallest absolute Gasteiger partial charge is 0.263 e. The molecule has 0 radical (unpaired) electrons. The number of benzene rings is 1. The maximum atomic E-state index is 12.3. The van der Waals surface area contributed by atoms with Crippen LogP contribution in [-0.2, 0) is 16.4 Å². The van der Waals surface area contributed by atoms with Gasteiger partial charge in [0.1, 0.15) is 5.82 Å². The molecule has 2 aromatic rings. The van der Waals surface area contributed by atoms with Crippen molar-refractivity contribution in [1.82, 2.24) is 4.98 Å². The van der Waals surface area contributed by atoms with Crippen molar-refractivity contribution in [3.8, 4) is 0 Å². The van der Waals surface area contributed by atoms with Gasteiger partial charge in [0.2, 0.25) is 0 Å². The average molecular weight is 353 g/mol. The molecule has 1 heterocycles. The number of hydrogen-bond acceptors (Lipinski definition) is 3. The van der Waals surface area contributed by atoms with Crippen molar-refractivity contribution in [2.24, 2.45) is 0 Å². The van der Waals surface area contributed by atoms with Crippen LogP contribution in [0.2, 0.25) is 5.02 Å². The van der Waals surface area contributed by atoms with E-state index >= 15 is 0 Å². The number of nitrogens with one attached hydrogen (secondary N) is 1. The Morgan fingerprint density at radius 1 is 1.04 bits per heavy atom. The summed E-state index contributed by atoms with van der Waals surface area (Å²) >= 11 is 5.74. The van der Waals surface area contributed by atoms with Crippen molar-refractivity contribution in [1.29, 1.82) is 0 Å². The summed E-state index contributed by atoms with van der Waals surface area (Å²) in [5, 5.41) is 0.459. The number of anilines is 1. The Morgan fingerprint density at radius 2 is 1.78 bits per heavy atom. The zero-order valence-electron chi connectivity index (χ0n) is 13.1. The number of rotatable bonds is 8. The molecule has 124 valence electrons. The highest BCUT2D eigenvalue weighted by Crippen LogP contribution is 2.17. The van der Waals surface area contributed by atoms with Gasteiger partial charge in [0.15, 0.2) is 0 Å². The Morgan fingerprint density at radius 3 is 2.39 bits per heavy atom. The molecule has 0 aliphatic carbocycles. The number of halogens is 1. The van der Waals surface area contributed by atoms with Crippen molar-refractivity contribution in [3.05, 3.63) is 53.2 Å². The molecule has 4 nitrogen and oxygen atoms in total. The maximum Gasteiger partial charge on any atom is 0.263 e. The highest BCUT2D eigenvalue weighted by atomic mass is 35.5. The molecule has 6 heteroatoms. The molecule has 1 aromatic carbocycles. The first-order valence-corrected chi connectivity index (χ1v) is 9.60. The minimum Gasteiger partial charge on any atom is -0.263 e. The van der Waals surface area contributed by atoms with Gasteiger partial charge in [0, 0.05) is 6.20 Å². The first-order valence-electron chi connectivity index (χ1n) is 7.74. The minimum absolute atomic E-state index is 0.228. The Kier molecular flexibility index (Phi) is 6.42. The van der Waals surface area contributed by atoms with Gasteiger partial charge in [-0.2, -0.15) is 0 Å². The fourth-order valence-electron chi connectivity index (χ4n) is 2.22. The van der Waals surface area contributed by atoms with Gasteiger partial charge in [-0.3, -0.25) is 4.72 Å². The predicted octanol–water partition coefficient (Wildman–Crippen LogP) is 4.66. The van der Waals surface area contributed by atoms with Crippen LogP contribution in [0, 0.1) is 0 Å². The van der Waals surface area contributed by atoms with Crippen LogP contribution in [0.4, 0.5) is 5.82 Å². The quantitative estimate of drug-likeness (QED) is 0.703. The fraction of sp³-hybridized carbons (Fsp3) is 0.353. The second kappa shape index (κ2) is 8.31. The van der Waals surface area contributed by atoms with E-state index in [1.54, 1.807) is 18.2 Å². The monoisotopic (exact) mass is 352 g/mol. The normalized spacial score (nSPS) is 11.4. The second-order valence-corrected chi connectivity index (χ2v) is 7.54. The molecule has 0 saturated carbocycles. The molecule has 23 heavy (non-hydrogen) atoms. The van der Waals surface area contributed by atoms with E-state index in [1.165, 1.54) is 31.5 Å². The Balaban J connectivity index is 2.01. The molecule has 0 amide bonds. The van der Waals surface area contributed by atoms with E-state index in [1.807, 2.05) is 12.1 Å². The highest BCUT2D eigenvalue weighted by molar-refractivity contribution is 7.92. The van der Waals surface area contributed by atoms with Crippen LogP contribution in [0.15, 0.2) is 47.5 Å². The molecular weight excluding hydrogens is 332 g/mol. The van der Waals surface area contributed by atoms with Gasteiger partial charge in [-0.1, -0.05) is 49.9 Å². The third kappa shape index (κ3) is 5.52. The SMILES string of the molecule is CCCCCCc1ccc(S(=O)(=O)Nc2ccc(Cl)cn2)cc1. The number of aromatic nitrogens is 1. The maximum absolute atomic E-state index is 12.3. The summed E-state index contributed by atoms with van der Waals surface area (Å²) in [5.41, 5.74) is 1.16. The molecule has 0 saturated heterocycles. The van der Waals surface area contributed by atoms with E-state index in [0.29, 0.717) is 5.02 Å². The van der Waals surface area contributed by atoms with Gasteiger partial charge in [0.05, 0.1) is 9.92 Å².